The van der Waals surface area contributed by atoms with Gasteiger partial charge in [0.15, 0.2) is 5.69 Å². The second-order valence-electron chi connectivity index (χ2n) is 8.93. The molecule has 5 rings (SSSR count). The summed E-state index contributed by atoms with van der Waals surface area (Å²) in [5.41, 5.74) is 3.57. The fourth-order valence-corrected chi connectivity index (χ4v) is 4.62. The Morgan fingerprint density at radius 2 is 1.71 bits per heavy atom. The molecule has 3 heterocycles. The minimum absolute atomic E-state index is 0.103. The zero-order valence-corrected chi connectivity index (χ0v) is 19.3. The number of carbonyl (C=O) groups is 2. The number of benzene rings is 2. The molecule has 0 unspecified atom stereocenters. The van der Waals surface area contributed by atoms with E-state index >= 15 is 0 Å². The average molecular weight is 462 g/mol. The molecule has 0 N–H and O–H groups in total. The first-order chi connectivity index (χ1) is 16.5. The Balaban J connectivity index is 1.27. The maximum Gasteiger partial charge on any atom is 0.274 e. The molecule has 0 radical (unpaired) electrons. The molecule has 2 aliphatic heterocycles. The largest absolute Gasteiger partial charge is 0.366 e. The van der Waals surface area contributed by atoms with E-state index in [9.17, 15) is 14.0 Å². The number of hydrogen-bond acceptors (Lipinski definition) is 4. The van der Waals surface area contributed by atoms with Crippen molar-refractivity contribution in [1.29, 1.82) is 0 Å². The number of carbonyl (C=O) groups excluding carboxylic acids is 2. The Bertz CT molecular complexity index is 1200. The third-order valence-corrected chi connectivity index (χ3v) is 6.56. The molecule has 2 amide bonds. The summed E-state index contributed by atoms with van der Waals surface area (Å²) in [6.07, 6.45) is 0.779. The molecule has 8 heteroatoms. The van der Waals surface area contributed by atoms with Crippen molar-refractivity contribution in [2.45, 2.75) is 26.4 Å². The van der Waals surface area contributed by atoms with Crippen LogP contribution in [0.25, 0.3) is 0 Å². The van der Waals surface area contributed by atoms with Crippen molar-refractivity contribution in [3.05, 3.63) is 82.9 Å². The summed E-state index contributed by atoms with van der Waals surface area (Å²) >= 11 is 0. The van der Waals surface area contributed by atoms with Crippen LogP contribution in [0.2, 0.25) is 0 Å². The van der Waals surface area contributed by atoms with Crippen molar-refractivity contribution in [1.82, 2.24) is 19.6 Å². The van der Waals surface area contributed by atoms with Crippen LogP contribution in [0.15, 0.2) is 54.6 Å². The van der Waals surface area contributed by atoms with E-state index in [2.05, 4.69) is 5.10 Å². The number of hydrogen-bond donors (Lipinski definition) is 0. The first-order valence-electron chi connectivity index (χ1n) is 11.7. The number of aryl methyl sites for hydroxylation is 2. The van der Waals surface area contributed by atoms with E-state index in [4.69, 9.17) is 0 Å². The molecule has 1 fully saturated rings. The highest BCUT2D eigenvalue weighted by atomic mass is 19.1. The van der Waals surface area contributed by atoms with E-state index in [-0.39, 0.29) is 17.6 Å². The van der Waals surface area contributed by atoms with E-state index in [1.807, 2.05) is 47.1 Å². The van der Waals surface area contributed by atoms with Crippen molar-refractivity contribution >= 4 is 17.5 Å². The van der Waals surface area contributed by atoms with Gasteiger partial charge in [-0.05, 0) is 31.0 Å². The maximum atomic E-state index is 14.1. The van der Waals surface area contributed by atoms with Crippen LogP contribution in [0.1, 0.15) is 38.5 Å². The summed E-state index contributed by atoms with van der Waals surface area (Å²) in [4.78, 5) is 31.9. The molecule has 1 aromatic heterocycles. The van der Waals surface area contributed by atoms with Crippen LogP contribution < -0.4 is 4.90 Å². The average Bonchev–Trinajstić information content (AvgIpc) is 3.22. The fraction of sp³-hybridized carbons (Fsp3) is 0.346. The molecule has 0 aliphatic carbocycles. The zero-order valence-electron chi connectivity index (χ0n) is 19.3. The Morgan fingerprint density at radius 3 is 2.44 bits per heavy atom. The summed E-state index contributed by atoms with van der Waals surface area (Å²) in [6, 6.07) is 16.5. The lowest BCUT2D eigenvalue weighted by atomic mass is 10.1. The van der Waals surface area contributed by atoms with Crippen LogP contribution in [0.4, 0.5) is 10.1 Å². The predicted molar refractivity (Wildman–Crippen MR) is 127 cm³/mol. The van der Waals surface area contributed by atoms with E-state index in [0.29, 0.717) is 62.9 Å². The highest BCUT2D eigenvalue weighted by Crippen LogP contribution is 2.22. The molecule has 0 bridgehead atoms. The van der Waals surface area contributed by atoms with Gasteiger partial charge in [0.1, 0.15) is 11.5 Å². The van der Waals surface area contributed by atoms with Gasteiger partial charge in [-0.15, -0.1) is 0 Å². The van der Waals surface area contributed by atoms with Gasteiger partial charge in [-0.2, -0.15) is 5.10 Å². The third kappa shape index (κ3) is 4.40. The number of anilines is 1. The van der Waals surface area contributed by atoms with Crippen LogP contribution >= 0.6 is 0 Å². The highest BCUT2D eigenvalue weighted by Gasteiger charge is 2.29. The van der Waals surface area contributed by atoms with Gasteiger partial charge in [-0.3, -0.25) is 14.3 Å². The summed E-state index contributed by atoms with van der Waals surface area (Å²) < 4.78 is 15.8. The number of fused-ring (bicyclic) bond motifs is 1. The van der Waals surface area contributed by atoms with Gasteiger partial charge in [0.25, 0.3) is 11.8 Å². The third-order valence-electron chi connectivity index (χ3n) is 6.56. The summed E-state index contributed by atoms with van der Waals surface area (Å²) in [7, 11) is 0. The lowest BCUT2D eigenvalue weighted by Crippen LogP contribution is -2.49. The molecular formula is C26H28FN5O2. The SMILES string of the molecule is Cc1ccc(CN2CCCn3nc(C(=O)N4CCN(c5ccccc5F)CC4)cc3C2=O)cc1. The quantitative estimate of drug-likeness (QED) is 0.598. The predicted octanol–water partition coefficient (Wildman–Crippen LogP) is 3.34. The molecule has 7 nitrogen and oxygen atoms in total. The Morgan fingerprint density at radius 1 is 0.971 bits per heavy atom. The van der Waals surface area contributed by atoms with Gasteiger partial charge < -0.3 is 14.7 Å². The van der Waals surface area contributed by atoms with Crippen molar-refractivity contribution in [2.24, 2.45) is 0 Å². The van der Waals surface area contributed by atoms with Crippen molar-refractivity contribution in [2.75, 3.05) is 37.6 Å². The summed E-state index contributed by atoms with van der Waals surface area (Å²) in [5.74, 6) is -0.547. The smallest absolute Gasteiger partial charge is 0.274 e. The monoisotopic (exact) mass is 461 g/mol. The number of piperazine rings is 1. The number of amides is 2. The second-order valence-corrected chi connectivity index (χ2v) is 8.93. The fourth-order valence-electron chi connectivity index (χ4n) is 4.62. The minimum atomic E-state index is -0.256. The van der Waals surface area contributed by atoms with E-state index in [1.54, 1.807) is 27.8 Å². The van der Waals surface area contributed by atoms with E-state index in [0.717, 1.165) is 12.0 Å². The Labute approximate surface area is 198 Å². The standard InChI is InChI=1S/C26H28FN5O2/c1-19-7-9-20(10-8-19)18-31-11-4-12-32-24(26(31)34)17-22(28-32)25(33)30-15-13-29(14-16-30)23-6-3-2-5-21(23)27/h2-3,5-10,17H,4,11-16,18H2,1H3. The molecule has 0 spiro atoms. The molecule has 3 aromatic rings. The molecule has 34 heavy (non-hydrogen) atoms. The second kappa shape index (κ2) is 9.29. The van der Waals surface area contributed by atoms with Gasteiger partial charge >= 0.3 is 0 Å². The number of halogens is 1. The normalized spacial score (nSPS) is 16.4. The number of rotatable bonds is 4. The van der Waals surface area contributed by atoms with Crippen LogP contribution in [0.5, 0.6) is 0 Å². The molecule has 0 atom stereocenters. The van der Waals surface area contributed by atoms with Crippen LogP contribution in [-0.4, -0.2) is 64.1 Å². The lowest BCUT2D eigenvalue weighted by Gasteiger charge is -2.35. The van der Waals surface area contributed by atoms with Crippen LogP contribution in [0, 0.1) is 12.7 Å². The molecule has 2 aromatic carbocycles. The van der Waals surface area contributed by atoms with Crippen LogP contribution in [0.3, 0.4) is 0 Å². The summed E-state index contributed by atoms with van der Waals surface area (Å²) in [6.45, 7) is 5.86. The zero-order chi connectivity index (χ0) is 23.7. The van der Waals surface area contributed by atoms with Gasteiger partial charge in [-0.1, -0.05) is 42.0 Å². The van der Waals surface area contributed by atoms with Crippen LogP contribution in [-0.2, 0) is 13.1 Å². The topological polar surface area (TPSA) is 61.7 Å². The summed E-state index contributed by atoms with van der Waals surface area (Å²) in [5, 5.41) is 4.49. The molecule has 176 valence electrons. The van der Waals surface area contributed by atoms with Gasteiger partial charge in [-0.25, -0.2) is 4.39 Å². The first kappa shape index (κ1) is 22.1. The lowest BCUT2D eigenvalue weighted by molar-refractivity contribution is 0.0738. The molecule has 0 saturated carbocycles. The Hall–Kier alpha value is -3.68. The number of para-hydroxylation sites is 1. The molecular weight excluding hydrogens is 433 g/mol. The Kier molecular flexibility index (Phi) is 6.04. The van der Waals surface area contributed by atoms with E-state index < -0.39 is 0 Å². The molecule has 2 aliphatic rings. The number of nitrogens with zero attached hydrogens (tertiary/aromatic N) is 5. The van der Waals surface area contributed by atoms with Crippen molar-refractivity contribution < 1.29 is 14.0 Å². The highest BCUT2D eigenvalue weighted by molar-refractivity contribution is 5.98. The number of aromatic nitrogens is 2. The first-order valence-corrected chi connectivity index (χ1v) is 11.7. The molecule has 1 saturated heterocycles. The van der Waals surface area contributed by atoms with Gasteiger partial charge in [0.2, 0.25) is 0 Å². The van der Waals surface area contributed by atoms with Crippen molar-refractivity contribution in [3.8, 4) is 0 Å². The van der Waals surface area contributed by atoms with Gasteiger partial charge in [0.05, 0.1) is 5.69 Å². The van der Waals surface area contributed by atoms with Gasteiger partial charge in [0, 0.05) is 51.9 Å². The van der Waals surface area contributed by atoms with E-state index in [1.165, 1.54) is 11.6 Å². The van der Waals surface area contributed by atoms with Crippen molar-refractivity contribution in [3.63, 3.8) is 0 Å². The maximum absolute atomic E-state index is 14.1. The minimum Gasteiger partial charge on any atom is -0.366 e.